The number of hydrogen-bond donors (Lipinski definition) is 2. The van der Waals surface area contributed by atoms with Gasteiger partial charge in [-0.15, -0.1) is 12.4 Å². The minimum absolute atomic E-state index is 0. The number of nitrogens with two attached hydrogens (primary N) is 1. The second-order valence-electron chi connectivity index (χ2n) is 5.76. The zero-order valence-electron chi connectivity index (χ0n) is 13.1. The molecule has 1 aliphatic rings. The zero-order valence-corrected chi connectivity index (χ0v) is 14.0. The Labute approximate surface area is 144 Å². The van der Waals surface area contributed by atoms with Crippen LogP contribution in [-0.2, 0) is 7.05 Å². The first-order chi connectivity index (χ1) is 11.0. The normalized spacial score (nSPS) is 19.8. The molecule has 7 nitrogen and oxygen atoms in total. The van der Waals surface area contributed by atoms with Crippen LogP contribution < -0.4 is 17.0 Å². The summed E-state index contributed by atoms with van der Waals surface area (Å²) in [6.07, 6.45) is 1.17. The number of hydrogen-bond acceptors (Lipinski definition) is 4. The molecule has 1 fully saturated rings. The lowest BCUT2D eigenvalue weighted by Gasteiger charge is -2.16. The molecule has 0 bridgehead atoms. The van der Waals surface area contributed by atoms with E-state index in [1.54, 1.807) is 4.90 Å². The van der Waals surface area contributed by atoms with Crippen molar-refractivity contribution in [2.75, 3.05) is 13.1 Å². The maximum Gasteiger partial charge on any atom is 0.328 e. The van der Waals surface area contributed by atoms with E-state index in [0.29, 0.717) is 13.1 Å². The fourth-order valence-corrected chi connectivity index (χ4v) is 2.94. The van der Waals surface area contributed by atoms with E-state index in [2.05, 4.69) is 4.98 Å². The van der Waals surface area contributed by atoms with Crippen LogP contribution in [0.1, 0.15) is 21.8 Å². The number of likely N-dealkylation sites (tertiary alicyclic amines) is 1. The first-order valence-electron chi connectivity index (χ1n) is 7.37. The van der Waals surface area contributed by atoms with Gasteiger partial charge in [-0.2, -0.15) is 0 Å². The molecule has 0 radical (unpaired) electrons. The Kier molecular flexibility index (Phi) is 5.26. The summed E-state index contributed by atoms with van der Waals surface area (Å²) in [5.41, 5.74) is 6.05. The molecule has 24 heavy (non-hydrogen) atoms. The van der Waals surface area contributed by atoms with E-state index in [4.69, 9.17) is 5.73 Å². The third-order valence-electron chi connectivity index (χ3n) is 4.29. The molecule has 1 aliphatic heterocycles. The van der Waals surface area contributed by atoms with Crippen molar-refractivity contribution in [3.05, 3.63) is 68.5 Å². The number of benzene rings is 1. The molecule has 1 aromatic carbocycles. The molecule has 8 heteroatoms. The first-order valence-corrected chi connectivity index (χ1v) is 7.37. The Morgan fingerprint density at radius 1 is 1.21 bits per heavy atom. The standard InChI is InChI=1S/C16H18N4O3.ClH/c1-19-14(21)11(7-18-16(19)23)15(22)20-8-12(13(17)9-20)10-5-3-2-4-6-10;/h2-7,12-13H,8-9,17H2,1H3,(H,18,23);1H/t12-,13+;/m0./s1. The molecule has 3 N–H and O–H groups in total. The summed E-state index contributed by atoms with van der Waals surface area (Å²) < 4.78 is 0.887. The number of nitrogens with one attached hydrogen (secondary N) is 1. The number of H-pyrrole nitrogens is 1. The molecule has 0 unspecified atom stereocenters. The van der Waals surface area contributed by atoms with Crippen molar-refractivity contribution in [2.24, 2.45) is 12.8 Å². The lowest BCUT2D eigenvalue weighted by Crippen LogP contribution is -2.40. The van der Waals surface area contributed by atoms with Crippen LogP contribution in [0.2, 0.25) is 0 Å². The predicted octanol–water partition coefficient (Wildman–Crippen LogP) is 0.0623. The van der Waals surface area contributed by atoms with E-state index in [0.717, 1.165) is 10.1 Å². The maximum atomic E-state index is 12.6. The lowest BCUT2D eigenvalue weighted by molar-refractivity contribution is 0.0786. The molecule has 3 rings (SSSR count). The fraction of sp³-hybridized carbons (Fsp3) is 0.312. The molecule has 0 spiro atoms. The van der Waals surface area contributed by atoms with Crippen molar-refractivity contribution in [2.45, 2.75) is 12.0 Å². The van der Waals surface area contributed by atoms with Crippen molar-refractivity contribution in [1.82, 2.24) is 14.5 Å². The number of carbonyl (C=O) groups excluding carboxylic acids is 1. The fourth-order valence-electron chi connectivity index (χ4n) is 2.94. The van der Waals surface area contributed by atoms with Gasteiger partial charge < -0.3 is 15.6 Å². The Balaban J connectivity index is 0.00000208. The van der Waals surface area contributed by atoms with E-state index >= 15 is 0 Å². The minimum Gasteiger partial charge on any atom is -0.336 e. The average Bonchev–Trinajstić information content (AvgIpc) is 2.95. The number of halogens is 1. The average molecular weight is 351 g/mol. The van der Waals surface area contributed by atoms with Crippen LogP contribution in [0.3, 0.4) is 0 Å². The largest absolute Gasteiger partial charge is 0.336 e. The summed E-state index contributed by atoms with van der Waals surface area (Å²) in [5.74, 6) is -0.373. The number of aromatic amines is 1. The summed E-state index contributed by atoms with van der Waals surface area (Å²) in [6, 6.07) is 9.58. The third kappa shape index (κ3) is 3.13. The van der Waals surface area contributed by atoms with Gasteiger partial charge in [0.1, 0.15) is 5.56 Å². The Bertz CT molecular complexity index is 846. The van der Waals surface area contributed by atoms with Crippen LogP contribution in [0.15, 0.2) is 46.1 Å². The van der Waals surface area contributed by atoms with Crippen LogP contribution in [0.4, 0.5) is 0 Å². The highest BCUT2D eigenvalue weighted by Crippen LogP contribution is 2.26. The maximum absolute atomic E-state index is 12.6. The summed E-state index contributed by atoms with van der Waals surface area (Å²) in [5, 5.41) is 0. The highest BCUT2D eigenvalue weighted by Gasteiger charge is 2.35. The molecule has 1 aromatic heterocycles. The van der Waals surface area contributed by atoms with Crippen molar-refractivity contribution < 1.29 is 4.79 Å². The summed E-state index contributed by atoms with van der Waals surface area (Å²) in [6.45, 7) is 0.826. The van der Waals surface area contributed by atoms with Gasteiger partial charge in [0.25, 0.3) is 11.5 Å². The molecule has 1 amide bonds. The van der Waals surface area contributed by atoms with Crippen LogP contribution in [0.5, 0.6) is 0 Å². The minimum atomic E-state index is -0.601. The molecule has 0 saturated carbocycles. The zero-order chi connectivity index (χ0) is 16.6. The van der Waals surface area contributed by atoms with E-state index in [1.807, 2.05) is 30.3 Å². The predicted molar refractivity (Wildman–Crippen MR) is 92.6 cm³/mol. The van der Waals surface area contributed by atoms with Crippen LogP contribution in [0.25, 0.3) is 0 Å². The smallest absolute Gasteiger partial charge is 0.328 e. The van der Waals surface area contributed by atoms with Crippen molar-refractivity contribution >= 4 is 18.3 Å². The molecule has 128 valence electrons. The number of nitrogens with zero attached hydrogens (tertiary/aromatic N) is 2. The van der Waals surface area contributed by atoms with E-state index in [9.17, 15) is 14.4 Å². The molecular formula is C16H19ClN4O3. The highest BCUT2D eigenvalue weighted by molar-refractivity contribution is 5.93. The summed E-state index contributed by atoms with van der Waals surface area (Å²) >= 11 is 0. The quantitative estimate of drug-likeness (QED) is 0.799. The van der Waals surface area contributed by atoms with Crippen molar-refractivity contribution in [3.8, 4) is 0 Å². The van der Waals surface area contributed by atoms with Gasteiger partial charge in [0, 0.05) is 38.3 Å². The van der Waals surface area contributed by atoms with Gasteiger partial charge in [0.2, 0.25) is 0 Å². The Hall–Kier alpha value is -2.38. The molecule has 1 saturated heterocycles. The van der Waals surface area contributed by atoms with E-state index < -0.39 is 17.2 Å². The van der Waals surface area contributed by atoms with Gasteiger partial charge >= 0.3 is 5.69 Å². The molecule has 2 atom stereocenters. The number of rotatable bonds is 2. The van der Waals surface area contributed by atoms with Gasteiger partial charge in [-0.1, -0.05) is 30.3 Å². The van der Waals surface area contributed by atoms with Gasteiger partial charge in [-0.25, -0.2) is 4.79 Å². The van der Waals surface area contributed by atoms with Crippen LogP contribution in [-0.4, -0.2) is 39.5 Å². The third-order valence-corrected chi connectivity index (χ3v) is 4.29. The topological polar surface area (TPSA) is 101 Å². The molecule has 2 aromatic rings. The highest BCUT2D eigenvalue weighted by atomic mass is 35.5. The number of amides is 1. The second kappa shape index (κ2) is 7.02. The van der Waals surface area contributed by atoms with Crippen molar-refractivity contribution in [1.29, 1.82) is 0 Å². The first kappa shape index (κ1) is 18.0. The van der Waals surface area contributed by atoms with Gasteiger partial charge in [0.15, 0.2) is 0 Å². The van der Waals surface area contributed by atoms with Crippen molar-refractivity contribution in [3.63, 3.8) is 0 Å². The number of aromatic nitrogens is 2. The van der Waals surface area contributed by atoms with Gasteiger partial charge in [0.05, 0.1) is 0 Å². The van der Waals surface area contributed by atoms with Crippen LogP contribution in [0, 0.1) is 0 Å². The Morgan fingerprint density at radius 2 is 1.88 bits per heavy atom. The van der Waals surface area contributed by atoms with E-state index in [1.165, 1.54) is 13.2 Å². The monoisotopic (exact) mass is 350 g/mol. The molecular weight excluding hydrogens is 332 g/mol. The molecule has 2 heterocycles. The number of carbonyl (C=O) groups is 1. The lowest BCUT2D eigenvalue weighted by atomic mass is 9.95. The second-order valence-corrected chi connectivity index (χ2v) is 5.76. The summed E-state index contributed by atoms with van der Waals surface area (Å²) in [4.78, 5) is 40.0. The van der Waals surface area contributed by atoms with E-state index in [-0.39, 0.29) is 29.9 Å². The summed E-state index contributed by atoms with van der Waals surface area (Å²) in [7, 11) is 1.33. The van der Waals surface area contributed by atoms with Crippen LogP contribution >= 0.6 is 12.4 Å². The van der Waals surface area contributed by atoms with Gasteiger partial charge in [-0.05, 0) is 5.56 Å². The SMILES string of the molecule is Cl.Cn1c(=O)[nH]cc(C(=O)N2C[C@@H](N)[C@H](c3ccccc3)C2)c1=O. The molecule has 0 aliphatic carbocycles. The van der Waals surface area contributed by atoms with Gasteiger partial charge in [-0.3, -0.25) is 14.2 Å². The Morgan fingerprint density at radius 3 is 2.54 bits per heavy atom.